The smallest absolute Gasteiger partial charge is 0.344 e. The van der Waals surface area contributed by atoms with Gasteiger partial charge in [0, 0.05) is 13.5 Å². The van der Waals surface area contributed by atoms with Crippen molar-refractivity contribution in [2.45, 2.75) is 58.7 Å². The monoisotopic (exact) mass is 376 g/mol. The van der Waals surface area contributed by atoms with Crippen LogP contribution < -0.4 is 0 Å². The second-order valence-corrected chi connectivity index (χ2v) is 7.88. The van der Waals surface area contributed by atoms with Gasteiger partial charge in [0.25, 0.3) is 0 Å². The fourth-order valence-corrected chi connectivity index (χ4v) is 3.77. The van der Waals surface area contributed by atoms with Gasteiger partial charge >= 0.3 is 11.9 Å². The average molecular weight is 376 g/mol. The van der Waals surface area contributed by atoms with Crippen LogP contribution in [0.15, 0.2) is 30.3 Å². The topological polar surface area (TPSA) is 61.8 Å². The van der Waals surface area contributed by atoms with Crippen LogP contribution in [0.5, 0.6) is 0 Å². The summed E-state index contributed by atoms with van der Waals surface area (Å²) in [6, 6.07) is 9.56. The highest BCUT2D eigenvalue weighted by Crippen LogP contribution is 2.35. The Morgan fingerprint density at radius 2 is 1.85 bits per heavy atom. The molecular weight excluding hydrogens is 344 g/mol. The maximum atomic E-state index is 12.2. The van der Waals surface area contributed by atoms with E-state index in [1.165, 1.54) is 13.5 Å². The quantitative estimate of drug-likeness (QED) is 0.646. The van der Waals surface area contributed by atoms with E-state index >= 15 is 0 Å². The normalized spacial score (nSPS) is 23.7. The Hall–Kier alpha value is -1.88. The Labute approximate surface area is 162 Å². The highest BCUT2D eigenvalue weighted by molar-refractivity contribution is 5.79. The molecule has 0 aromatic heterocycles. The van der Waals surface area contributed by atoms with Crippen LogP contribution in [0.25, 0.3) is 0 Å². The van der Waals surface area contributed by atoms with Crippen molar-refractivity contribution < 1.29 is 23.8 Å². The summed E-state index contributed by atoms with van der Waals surface area (Å²) in [4.78, 5) is 24.5. The van der Waals surface area contributed by atoms with Gasteiger partial charge in [-0.25, -0.2) is 9.59 Å². The van der Waals surface area contributed by atoms with Gasteiger partial charge in [0.15, 0.2) is 12.7 Å². The van der Waals surface area contributed by atoms with Crippen LogP contribution in [0.3, 0.4) is 0 Å². The van der Waals surface area contributed by atoms with Crippen LogP contribution in [-0.4, -0.2) is 37.9 Å². The number of esters is 2. The van der Waals surface area contributed by atoms with E-state index in [0.29, 0.717) is 24.2 Å². The number of hydrogen-bond acceptors (Lipinski definition) is 5. The summed E-state index contributed by atoms with van der Waals surface area (Å²) in [6.45, 7) is 6.13. The van der Waals surface area contributed by atoms with Crippen LogP contribution in [0.1, 0.15) is 45.6 Å². The summed E-state index contributed by atoms with van der Waals surface area (Å²) >= 11 is 0. The molecule has 1 saturated carbocycles. The molecule has 150 valence electrons. The molecule has 0 unspecified atom stereocenters. The highest BCUT2D eigenvalue weighted by Gasteiger charge is 2.33. The predicted molar refractivity (Wildman–Crippen MR) is 103 cm³/mol. The fourth-order valence-electron chi connectivity index (χ4n) is 3.77. The van der Waals surface area contributed by atoms with Gasteiger partial charge in [-0.05, 0) is 36.2 Å². The molecule has 5 heteroatoms. The van der Waals surface area contributed by atoms with Crippen LogP contribution >= 0.6 is 0 Å². The van der Waals surface area contributed by atoms with Crippen molar-refractivity contribution >= 4 is 11.9 Å². The molecule has 0 bridgehead atoms. The Kier molecular flexibility index (Phi) is 8.29. The first-order valence-corrected chi connectivity index (χ1v) is 9.83. The molecule has 1 aliphatic carbocycles. The summed E-state index contributed by atoms with van der Waals surface area (Å²) in [5, 5.41) is 0. The van der Waals surface area contributed by atoms with Crippen molar-refractivity contribution in [3.8, 4) is 0 Å². The lowest BCUT2D eigenvalue weighted by Crippen LogP contribution is -2.37. The molecular formula is C22H32O5. The first kappa shape index (κ1) is 21.4. The molecule has 1 aromatic carbocycles. The third-order valence-corrected chi connectivity index (χ3v) is 5.39. The molecule has 0 radical (unpaired) electrons. The zero-order valence-corrected chi connectivity index (χ0v) is 16.9. The molecule has 0 saturated heterocycles. The largest absolute Gasteiger partial charge is 0.460 e. The van der Waals surface area contributed by atoms with Gasteiger partial charge in [-0.3, -0.25) is 0 Å². The number of methoxy groups -OCH3 is 1. The first-order chi connectivity index (χ1) is 12.9. The van der Waals surface area contributed by atoms with E-state index in [4.69, 9.17) is 14.2 Å². The van der Waals surface area contributed by atoms with Gasteiger partial charge in [0.05, 0.1) is 0 Å². The molecule has 4 atom stereocenters. The third kappa shape index (κ3) is 6.65. The summed E-state index contributed by atoms with van der Waals surface area (Å²) < 4.78 is 16.0. The lowest BCUT2D eigenvalue weighted by Gasteiger charge is -2.36. The fraction of sp³-hybridized carbons (Fsp3) is 0.636. The molecule has 5 nitrogen and oxygen atoms in total. The molecule has 2 rings (SSSR count). The van der Waals surface area contributed by atoms with Gasteiger partial charge in [0.2, 0.25) is 0 Å². The van der Waals surface area contributed by atoms with Crippen molar-refractivity contribution in [3.05, 3.63) is 35.9 Å². The van der Waals surface area contributed by atoms with E-state index in [2.05, 4.69) is 20.8 Å². The predicted octanol–water partition coefficient (Wildman–Crippen LogP) is 3.79. The van der Waals surface area contributed by atoms with Gasteiger partial charge < -0.3 is 14.2 Å². The molecule has 1 fully saturated rings. The second-order valence-electron chi connectivity index (χ2n) is 7.88. The molecule has 27 heavy (non-hydrogen) atoms. The first-order valence-electron chi connectivity index (χ1n) is 9.83. The number of carbonyl (C=O) groups is 2. The Bertz CT molecular complexity index is 598. The Morgan fingerprint density at radius 1 is 1.15 bits per heavy atom. The molecule has 0 N–H and O–H groups in total. The number of rotatable bonds is 8. The molecule has 0 amide bonds. The van der Waals surface area contributed by atoms with Crippen molar-refractivity contribution in [3.63, 3.8) is 0 Å². The van der Waals surface area contributed by atoms with Gasteiger partial charge in [0.1, 0.15) is 6.10 Å². The SMILES string of the molecule is CO[C@@H](Cc1ccccc1)C(=O)OCC(=O)O[C@@H]1C[C@H](C)CC[C@H]1C(C)C. The molecule has 0 heterocycles. The Morgan fingerprint density at radius 3 is 2.48 bits per heavy atom. The third-order valence-electron chi connectivity index (χ3n) is 5.39. The minimum atomic E-state index is -0.738. The maximum Gasteiger partial charge on any atom is 0.344 e. The van der Waals surface area contributed by atoms with Gasteiger partial charge in [-0.15, -0.1) is 0 Å². The summed E-state index contributed by atoms with van der Waals surface area (Å²) in [5.74, 6) is 0.342. The van der Waals surface area contributed by atoms with Crippen molar-refractivity contribution in [2.75, 3.05) is 13.7 Å². The van der Waals surface area contributed by atoms with E-state index in [0.717, 1.165) is 18.4 Å². The van der Waals surface area contributed by atoms with Crippen LogP contribution in [0.2, 0.25) is 0 Å². The number of carbonyl (C=O) groups excluding carboxylic acids is 2. The van der Waals surface area contributed by atoms with E-state index in [-0.39, 0.29) is 12.7 Å². The molecule has 0 spiro atoms. The van der Waals surface area contributed by atoms with Crippen LogP contribution in [0.4, 0.5) is 0 Å². The number of ether oxygens (including phenoxy) is 3. The minimum Gasteiger partial charge on any atom is -0.460 e. The molecule has 1 aliphatic rings. The second kappa shape index (κ2) is 10.5. The van der Waals surface area contributed by atoms with Crippen LogP contribution in [0, 0.1) is 17.8 Å². The summed E-state index contributed by atoms with van der Waals surface area (Å²) in [7, 11) is 1.46. The highest BCUT2D eigenvalue weighted by atomic mass is 16.6. The zero-order chi connectivity index (χ0) is 19.8. The van der Waals surface area contributed by atoms with E-state index in [1.807, 2.05) is 30.3 Å². The number of hydrogen-bond donors (Lipinski definition) is 0. The van der Waals surface area contributed by atoms with Gasteiger partial charge in [-0.1, -0.05) is 57.5 Å². The maximum absolute atomic E-state index is 12.2. The lowest BCUT2D eigenvalue weighted by molar-refractivity contribution is -0.171. The van der Waals surface area contributed by atoms with Crippen LogP contribution in [-0.2, 0) is 30.2 Å². The standard InChI is InChI=1S/C22H32O5/c1-15(2)18-11-10-16(3)12-19(18)27-21(23)14-26-22(24)20(25-4)13-17-8-6-5-7-9-17/h5-9,15-16,18-20H,10-14H2,1-4H3/t16-,18+,19-,20+/m1/s1. The molecule has 0 aliphatic heterocycles. The lowest BCUT2D eigenvalue weighted by atomic mass is 9.75. The summed E-state index contributed by atoms with van der Waals surface area (Å²) in [5.41, 5.74) is 0.972. The number of benzene rings is 1. The van der Waals surface area contributed by atoms with E-state index in [1.54, 1.807) is 0 Å². The average Bonchev–Trinajstić information content (AvgIpc) is 2.64. The van der Waals surface area contributed by atoms with E-state index < -0.39 is 18.0 Å². The van der Waals surface area contributed by atoms with Crippen molar-refractivity contribution in [1.82, 2.24) is 0 Å². The summed E-state index contributed by atoms with van der Waals surface area (Å²) in [6.07, 6.45) is 2.68. The molecule has 1 aromatic rings. The Balaban J connectivity index is 1.83. The van der Waals surface area contributed by atoms with Crippen molar-refractivity contribution in [1.29, 1.82) is 0 Å². The van der Waals surface area contributed by atoms with E-state index in [9.17, 15) is 9.59 Å². The zero-order valence-electron chi connectivity index (χ0n) is 16.9. The van der Waals surface area contributed by atoms with Gasteiger partial charge in [-0.2, -0.15) is 0 Å². The minimum absolute atomic E-state index is 0.0949. The van der Waals surface area contributed by atoms with Crippen molar-refractivity contribution in [2.24, 2.45) is 17.8 Å².